The van der Waals surface area contributed by atoms with Gasteiger partial charge in [0.2, 0.25) is 0 Å². The van der Waals surface area contributed by atoms with Crippen LogP contribution in [0.15, 0.2) is 72.8 Å². The number of hydrogen-bond donors (Lipinski definition) is 1. The molecule has 0 amide bonds. The van der Waals surface area contributed by atoms with Crippen molar-refractivity contribution in [2.45, 2.75) is 6.92 Å². The lowest BCUT2D eigenvalue weighted by Crippen LogP contribution is -1.87. The standard InChI is InChI=1S/C19H16O2/c1-14-18(11-6-12-19(14)20)15-7-5-10-17(13-15)21-16-8-3-2-4-9-16/h2-13,20H,1H3. The van der Waals surface area contributed by atoms with Crippen LogP contribution in [-0.2, 0) is 0 Å². The normalized spacial score (nSPS) is 10.3. The number of para-hydroxylation sites is 1. The second-order valence-electron chi connectivity index (χ2n) is 4.89. The maximum atomic E-state index is 9.83. The largest absolute Gasteiger partial charge is 0.508 e. The average Bonchev–Trinajstić information content (AvgIpc) is 2.51. The molecule has 1 N–H and O–H groups in total. The van der Waals surface area contributed by atoms with E-state index in [-0.39, 0.29) is 0 Å². The lowest BCUT2D eigenvalue weighted by atomic mass is 10.00. The molecule has 0 bridgehead atoms. The first-order chi connectivity index (χ1) is 10.2. The van der Waals surface area contributed by atoms with Gasteiger partial charge in [-0.15, -0.1) is 0 Å². The molecule has 3 aromatic rings. The van der Waals surface area contributed by atoms with Gasteiger partial charge in [0.25, 0.3) is 0 Å². The molecule has 0 saturated heterocycles. The van der Waals surface area contributed by atoms with Gasteiger partial charge in [-0.1, -0.05) is 42.5 Å². The predicted molar refractivity (Wildman–Crippen MR) is 84.8 cm³/mol. The highest BCUT2D eigenvalue weighted by Crippen LogP contribution is 2.32. The summed E-state index contributed by atoms with van der Waals surface area (Å²) in [6.45, 7) is 1.91. The number of benzene rings is 3. The van der Waals surface area contributed by atoms with Crippen LogP contribution < -0.4 is 4.74 Å². The Balaban J connectivity index is 1.95. The lowest BCUT2D eigenvalue weighted by Gasteiger charge is -2.10. The first-order valence-corrected chi connectivity index (χ1v) is 6.86. The first-order valence-electron chi connectivity index (χ1n) is 6.86. The van der Waals surface area contributed by atoms with E-state index in [0.29, 0.717) is 5.75 Å². The van der Waals surface area contributed by atoms with Crippen LogP contribution in [0, 0.1) is 6.92 Å². The molecule has 0 fully saturated rings. The highest BCUT2D eigenvalue weighted by atomic mass is 16.5. The Morgan fingerprint density at radius 1 is 0.762 bits per heavy atom. The van der Waals surface area contributed by atoms with Gasteiger partial charge in [0.1, 0.15) is 17.2 Å². The number of ether oxygens (including phenoxy) is 1. The van der Waals surface area contributed by atoms with Crippen molar-refractivity contribution in [2.24, 2.45) is 0 Å². The Morgan fingerprint density at radius 3 is 2.29 bits per heavy atom. The number of aromatic hydroxyl groups is 1. The molecule has 0 heterocycles. The van der Waals surface area contributed by atoms with Crippen molar-refractivity contribution in [1.82, 2.24) is 0 Å². The summed E-state index contributed by atoms with van der Waals surface area (Å²) >= 11 is 0. The minimum Gasteiger partial charge on any atom is -0.508 e. The summed E-state index contributed by atoms with van der Waals surface area (Å²) in [5, 5.41) is 9.83. The topological polar surface area (TPSA) is 29.5 Å². The zero-order valence-corrected chi connectivity index (χ0v) is 11.8. The highest BCUT2D eigenvalue weighted by molar-refractivity contribution is 5.70. The molecular weight excluding hydrogens is 260 g/mol. The van der Waals surface area contributed by atoms with Crippen LogP contribution in [0.3, 0.4) is 0 Å². The van der Waals surface area contributed by atoms with Gasteiger partial charge in [0.15, 0.2) is 0 Å². The molecule has 104 valence electrons. The van der Waals surface area contributed by atoms with Crippen molar-refractivity contribution in [3.05, 3.63) is 78.4 Å². The SMILES string of the molecule is Cc1c(O)cccc1-c1cccc(Oc2ccccc2)c1. The first kappa shape index (κ1) is 13.3. The van der Waals surface area contributed by atoms with Gasteiger partial charge in [-0.2, -0.15) is 0 Å². The van der Waals surface area contributed by atoms with Crippen molar-refractivity contribution in [2.75, 3.05) is 0 Å². The Labute approximate surface area is 124 Å². The molecule has 0 aliphatic rings. The van der Waals surface area contributed by atoms with Crippen molar-refractivity contribution >= 4 is 0 Å². The molecule has 0 spiro atoms. The number of hydrogen-bond acceptors (Lipinski definition) is 2. The molecule has 0 atom stereocenters. The molecular formula is C19H16O2. The third-order valence-electron chi connectivity index (χ3n) is 3.43. The maximum Gasteiger partial charge on any atom is 0.128 e. The molecule has 0 aliphatic carbocycles. The van der Waals surface area contributed by atoms with Crippen LogP contribution in [-0.4, -0.2) is 5.11 Å². The lowest BCUT2D eigenvalue weighted by molar-refractivity contribution is 0.471. The van der Waals surface area contributed by atoms with Crippen molar-refractivity contribution in [1.29, 1.82) is 0 Å². The monoisotopic (exact) mass is 276 g/mol. The molecule has 2 nitrogen and oxygen atoms in total. The molecule has 3 rings (SSSR count). The number of phenolic OH excluding ortho intramolecular Hbond substituents is 1. The third-order valence-corrected chi connectivity index (χ3v) is 3.43. The van der Waals surface area contributed by atoms with Crippen LogP contribution in [0.5, 0.6) is 17.2 Å². The Kier molecular flexibility index (Phi) is 3.61. The van der Waals surface area contributed by atoms with Crippen molar-refractivity contribution in [3.63, 3.8) is 0 Å². The van der Waals surface area contributed by atoms with Gasteiger partial charge in [0.05, 0.1) is 0 Å². The number of phenols is 1. The fraction of sp³-hybridized carbons (Fsp3) is 0.0526. The maximum absolute atomic E-state index is 9.83. The molecule has 2 heteroatoms. The fourth-order valence-electron chi connectivity index (χ4n) is 2.29. The van der Waals surface area contributed by atoms with Gasteiger partial charge in [-0.05, 0) is 53.9 Å². The van der Waals surface area contributed by atoms with E-state index in [1.54, 1.807) is 6.07 Å². The van der Waals surface area contributed by atoms with Crippen molar-refractivity contribution < 1.29 is 9.84 Å². The molecule has 0 saturated carbocycles. The minimum absolute atomic E-state index is 0.307. The summed E-state index contributed by atoms with van der Waals surface area (Å²) in [6.07, 6.45) is 0. The number of rotatable bonds is 3. The summed E-state index contributed by atoms with van der Waals surface area (Å²) in [5.41, 5.74) is 2.90. The van der Waals surface area contributed by atoms with Gasteiger partial charge >= 0.3 is 0 Å². The molecule has 0 aromatic heterocycles. The summed E-state index contributed by atoms with van der Waals surface area (Å²) in [4.78, 5) is 0. The smallest absolute Gasteiger partial charge is 0.128 e. The van der Waals surface area contributed by atoms with Crippen LogP contribution in [0.2, 0.25) is 0 Å². The Hall–Kier alpha value is -2.74. The van der Waals surface area contributed by atoms with Crippen LogP contribution >= 0.6 is 0 Å². The van der Waals surface area contributed by atoms with E-state index in [4.69, 9.17) is 4.74 Å². The van der Waals surface area contributed by atoms with E-state index in [1.165, 1.54) is 0 Å². The zero-order chi connectivity index (χ0) is 14.7. The molecule has 0 unspecified atom stereocenters. The van der Waals surface area contributed by atoms with Crippen molar-refractivity contribution in [3.8, 4) is 28.4 Å². The molecule has 0 aliphatic heterocycles. The quantitative estimate of drug-likeness (QED) is 0.716. The van der Waals surface area contributed by atoms with E-state index in [9.17, 15) is 5.11 Å². The fourth-order valence-corrected chi connectivity index (χ4v) is 2.29. The second kappa shape index (κ2) is 5.71. The van der Waals surface area contributed by atoms with E-state index < -0.39 is 0 Å². The third kappa shape index (κ3) is 2.90. The van der Waals surface area contributed by atoms with Crippen LogP contribution in [0.1, 0.15) is 5.56 Å². The molecule has 21 heavy (non-hydrogen) atoms. The molecule has 0 radical (unpaired) electrons. The summed E-state index contributed by atoms with van der Waals surface area (Å²) < 4.78 is 5.85. The summed E-state index contributed by atoms with van der Waals surface area (Å²) in [7, 11) is 0. The summed E-state index contributed by atoms with van der Waals surface area (Å²) in [5.74, 6) is 1.89. The van der Waals surface area contributed by atoms with Gasteiger partial charge in [0, 0.05) is 0 Å². The van der Waals surface area contributed by atoms with Gasteiger partial charge < -0.3 is 9.84 Å². The van der Waals surface area contributed by atoms with Crippen LogP contribution in [0.25, 0.3) is 11.1 Å². The van der Waals surface area contributed by atoms with Crippen LogP contribution in [0.4, 0.5) is 0 Å². The molecule has 3 aromatic carbocycles. The Bertz CT molecular complexity index is 749. The van der Waals surface area contributed by atoms with Gasteiger partial charge in [-0.3, -0.25) is 0 Å². The summed E-state index contributed by atoms with van der Waals surface area (Å²) in [6, 6.07) is 23.1. The minimum atomic E-state index is 0.307. The Morgan fingerprint density at radius 2 is 1.48 bits per heavy atom. The second-order valence-corrected chi connectivity index (χ2v) is 4.89. The van der Waals surface area contributed by atoms with E-state index in [1.807, 2.05) is 73.7 Å². The van der Waals surface area contributed by atoms with E-state index in [2.05, 4.69) is 0 Å². The highest BCUT2D eigenvalue weighted by Gasteiger charge is 2.06. The average molecular weight is 276 g/mol. The van der Waals surface area contributed by atoms with E-state index in [0.717, 1.165) is 28.2 Å². The zero-order valence-electron chi connectivity index (χ0n) is 11.8. The van der Waals surface area contributed by atoms with Gasteiger partial charge in [-0.25, -0.2) is 0 Å². The predicted octanol–water partition coefficient (Wildman–Crippen LogP) is 5.16. The van der Waals surface area contributed by atoms with E-state index >= 15 is 0 Å².